The van der Waals surface area contributed by atoms with E-state index < -0.39 is 10.7 Å². The number of benzene rings is 1. The van der Waals surface area contributed by atoms with Crippen molar-refractivity contribution in [3.63, 3.8) is 0 Å². The summed E-state index contributed by atoms with van der Waals surface area (Å²) in [4.78, 5) is 24.9. The number of carbonyl (C=O) groups is 1. The maximum Gasteiger partial charge on any atom is 0.275 e. The lowest BCUT2D eigenvalue weighted by atomic mass is 10.1. The van der Waals surface area contributed by atoms with Crippen LogP contribution in [0.4, 0.5) is 15.8 Å². The van der Waals surface area contributed by atoms with Crippen molar-refractivity contribution >= 4 is 17.3 Å². The van der Waals surface area contributed by atoms with Crippen molar-refractivity contribution in [1.29, 1.82) is 0 Å². The number of nitrogens with zero attached hydrogens (tertiary/aromatic N) is 3. The van der Waals surface area contributed by atoms with Gasteiger partial charge in [-0.1, -0.05) is 0 Å². The first-order valence-electron chi connectivity index (χ1n) is 6.35. The molecule has 2 rings (SSSR count). The molecule has 0 radical (unpaired) electrons. The van der Waals surface area contributed by atoms with Gasteiger partial charge in [-0.3, -0.25) is 14.9 Å². The monoisotopic (exact) mass is 281 g/mol. The Morgan fingerprint density at radius 1 is 1.30 bits per heavy atom. The number of carbonyl (C=O) groups excluding carboxylic acids is 1. The smallest absolute Gasteiger partial charge is 0.275 e. The third-order valence-corrected chi connectivity index (χ3v) is 3.53. The summed E-state index contributed by atoms with van der Waals surface area (Å²) in [5, 5.41) is 10.8. The summed E-state index contributed by atoms with van der Waals surface area (Å²) in [6.45, 7) is 5.20. The van der Waals surface area contributed by atoms with Gasteiger partial charge in [0.05, 0.1) is 16.7 Å². The van der Waals surface area contributed by atoms with Crippen LogP contribution in [0.2, 0.25) is 0 Å². The highest BCUT2D eigenvalue weighted by molar-refractivity contribution is 5.73. The number of amides is 1. The Morgan fingerprint density at radius 3 is 2.40 bits per heavy atom. The fraction of sp³-hybridized carbons (Fsp3) is 0.462. The van der Waals surface area contributed by atoms with E-state index in [1.54, 1.807) is 11.8 Å². The molecule has 1 aliphatic rings. The van der Waals surface area contributed by atoms with Gasteiger partial charge in [0.2, 0.25) is 5.91 Å². The van der Waals surface area contributed by atoms with Gasteiger partial charge in [-0.25, -0.2) is 4.39 Å². The van der Waals surface area contributed by atoms with Crippen molar-refractivity contribution in [2.75, 3.05) is 31.1 Å². The van der Waals surface area contributed by atoms with Crippen LogP contribution in [-0.2, 0) is 4.79 Å². The number of aryl methyl sites for hydroxylation is 1. The predicted molar refractivity (Wildman–Crippen MR) is 72.3 cm³/mol. The Kier molecular flexibility index (Phi) is 3.87. The lowest BCUT2D eigenvalue weighted by Crippen LogP contribution is -2.48. The number of anilines is 1. The number of hydrogen-bond donors (Lipinski definition) is 0. The molecule has 0 N–H and O–H groups in total. The van der Waals surface area contributed by atoms with Gasteiger partial charge in [-0.05, 0) is 13.0 Å². The minimum Gasteiger partial charge on any atom is -0.366 e. The van der Waals surface area contributed by atoms with E-state index in [4.69, 9.17) is 0 Å². The first-order valence-corrected chi connectivity index (χ1v) is 6.35. The molecule has 1 amide bonds. The Balaban J connectivity index is 2.20. The highest BCUT2D eigenvalue weighted by Gasteiger charge is 2.23. The molecule has 0 aromatic heterocycles. The second-order valence-corrected chi connectivity index (χ2v) is 4.84. The maximum absolute atomic E-state index is 14.0. The molecule has 0 bridgehead atoms. The zero-order chi connectivity index (χ0) is 14.9. The van der Waals surface area contributed by atoms with Gasteiger partial charge >= 0.3 is 0 Å². The first kappa shape index (κ1) is 14.2. The van der Waals surface area contributed by atoms with Crippen molar-refractivity contribution in [2.45, 2.75) is 13.8 Å². The van der Waals surface area contributed by atoms with E-state index in [2.05, 4.69) is 0 Å². The standard InChI is InChI=1S/C13H16FN3O3/c1-9-7-13(11(14)8-12(9)17(19)20)16-5-3-15(4-6-16)10(2)18/h7-8H,3-6H2,1-2H3. The fourth-order valence-corrected chi connectivity index (χ4v) is 2.36. The largest absolute Gasteiger partial charge is 0.366 e. The molecule has 1 aromatic rings. The maximum atomic E-state index is 14.0. The van der Waals surface area contributed by atoms with Gasteiger partial charge in [0.1, 0.15) is 0 Å². The summed E-state index contributed by atoms with van der Waals surface area (Å²) >= 11 is 0. The second kappa shape index (κ2) is 5.44. The summed E-state index contributed by atoms with van der Waals surface area (Å²) in [7, 11) is 0. The van der Waals surface area contributed by atoms with Crippen molar-refractivity contribution in [3.05, 3.63) is 33.6 Å². The van der Waals surface area contributed by atoms with Gasteiger partial charge < -0.3 is 9.80 Å². The molecule has 108 valence electrons. The van der Waals surface area contributed by atoms with Crippen LogP contribution < -0.4 is 4.90 Å². The van der Waals surface area contributed by atoms with E-state index in [1.807, 2.05) is 4.90 Å². The summed E-state index contributed by atoms with van der Waals surface area (Å²) in [6, 6.07) is 2.46. The molecule has 0 atom stereocenters. The zero-order valence-corrected chi connectivity index (χ0v) is 11.4. The number of nitro groups is 1. The van der Waals surface area contributed by atoms with Crippen LogP contribution in [0, 0.1) is 22.9 Å². The average molecular weight is 281 g/mol. The van der Waals surface area contributed by atoms with Crippen molar-refractivity contribution in [3.8, 4) is 0 Å². The SMILES string of the molecule is CC(=O)N1CCN(c2cc(C)c([N+](=O)[O-])cc2F)CC1. The number of nitro benzene ring substituents is 1. The Hall–Kier alpha value is -2.18. The Bertz CT molecular complexity index is 554. The number of rotatable bonds is 2. The number of piperazine rings is 1. The quantitative estimate of drug-likeness (QED) is 0.611. The number of halogens is 1. The molecule has 1 fully saturated rings. The fourth-order valence-electron chi connectivity index (χ4n) is 2.36. The zero-order valence-electron chi connectivity index (χ0n) is 11.4. The third-order valence-electron chi connectivity index (χ3n) is 3.53. The minimum atomic E-state index is -0.599. The first-order chi connectivity index (χ1) is 9.40. The topological polar surface area (TPSA) is 66.7 Å². The molecule has 0 unspecified atom stereocenters. The molecule has 20 heavy (non-hydrogen) atoms. The molecule has 6 nitrogen and oxygen atoms in total. The van der Waals surface area contributed by atoms with Crippen LogP contribution in [0.25, 0.3) is 0 Å². The highest BCUT2D eigenvalue weighted by atomic mass is 19.1. The van der Waals surface area contributed by atoms with Crippen LogP contribution in [0.3, 0.4) is 0 Å². The van der Waals surface area contributed by atoms with Crippen molar-refractivity contribution in [2.24, 2.45) is 0 Å². The predicted octanol–water partition coefficient (Wildman–Crippen LogP) is 1.71. The molecule has 0 spiro atoms. The molecular weight excluding hydrogens is 265 g/mol. The van der Waals surface area contributed by atoms with Crippen molar-refractivity contribution in [1.82, 2.24) is 4.90 Å². The van der Waals surface area contributed by atoms with Gasteiger partial charge in [0, 0.05) is 38.7 Å². The molecular formula is C13H16FN3O3. The molecule has 0 saturated carbocycles. The van der Waals surface area contributed by atoms with Gasteiger partial charge in [0.25, 0.3) is 5.69 Å². The molecule has 1 aromatic carbocycles. The summed E-state index contributed by atoms with van der Waals surface area (Å²) in [5.74, 6) is -0.594. The highest BCUT2D eigenvalue weighted by Crippen LogP contribution is 2.28. The van der Waals surface area contributed by atoms with Gasteiger partial charge in [0.15, 0.2) is 5.82 Å². The number of hydrogen-bond acceptors (Lipinski definition) is 4. The van der Waals surface area contributed by atoms with E-state index in [0.717, 1.165) is 6.07 Å². The molecule has 7 heteroatoms. The van der Waals surface area contributed by atoms with Crippen LogP contribution >= 0.6 is 0 Å². The van der Waals surface area contributed by atoms with Gasteiger partial charge in [-0.2, -0.15) is 0 Å². The average Bonchev–Trinajstić information content (AvgIpc) is 2.40. The lowest BCUT2D eigenvalue weighted by Gasteiger charge is -2.35. The normalized spacial score (nSPS) is 15.3. The molecule has 1 aliphatic heterocycles. The van der Waals surface area contributed by atoms with Crippen LogP contribution in [0.15, 0.2) is 12.1 Å². The Morgan fingerprint density at radius 2 is 1.90 bits per heavy atom. The van der Waals surface area contributed by atoms with Gasteiger partial charge in [-0.15, -0.1) is 0 Å². The van der Waals surface area contributed by atoms with E-state index >= 15 is 0 Å². The Labute approximate surface area is 115 Å². The van der Waals surface area contributed by atoms with E-state index in [9.17, 15) is 19.3 Å². The van der Waals surface area contributed by atoms with E-state index in [1.165, 1.54) is 13.0 Å². The minimum absolute atomic E-state index is 0.00463. The molecule has 1 saturated heterocycles. The lowest BCUT2D eigenvalue weighted by molar-refractivity contribution is -0.385. The summed E-state index contributed by atoms with van der Waals surface area (Å²) < 4.78 is 14.0. The van der Waals surface area contributed by atoms with Crippen molar-refractivity contribution < 1.29 is 14.1 Å². The molecule has 0 aliphatic carbocycles. The second-order valence-electron chi connectivity index (χ2n) is 4.84. The van der Waals surface area contributed by atoms with Crippen LogP contribution in [0.1, 0.15) is 12.5 Å². The van der Waals surface area contributed by atoms with Crippen LogP contribution in [0.5, 0.6) is 0 Å². The summed E-state index contributed by atoms with van der Waals surface area (Å²) in [6.07, 6.45) is 0. The van der Waals surface area contributed by atoms with Crippen LogP contribution in [-0.4, -0.2) is 41.9 Å². The van der Waals surface area contributed by atoms with E-state index in [-0.39, 0.29) is 11.6 Å². The third kappa shape index (κ3) is 2.71. The van der Waals surface area contributed by atoms with E-state index in [0.29, 0.717) is 37.4 Å². The summed E-state index contributed by atoms with van der Waals surface area (Å²) in [5.41, 5.74) is 0.574. The molecule has 1 heterocycles.